The number of hydrogen-bond acceptors (Lipinski definition) is 3. The van der Waals surface area contributed by atoms with Gasteiger partial charge in [-0.05, 0) is 40.6 Å². The van der Waals surface area contributed by atoms with Crippen LogP contribution in [-0.4, -0.2) is 20.9 Å². The maximum absolute atomic E-state index is 4.49. The molecule has 0 radical (unpaired) electrons. The first-order chi connectivity index (χ1) is 8.72. The van der Waals surface area contributed by atoms with Crippen LogP contribution in [0.4, 0.5) is 5.82 Å². The van der Waals surface area contributed by atoms with Gasteiger partial charge in [0.25, 0.3) is 0 Å². The standard InChI is InChI=1S/C13H17BrN4/c1-2-13(4-3-5-13)9-16-11-12-15-6-7-18(12)8-10(14)17-11/h6-8H,2-5,9H2,1H3,(H,16,17). The fourth-order valence-corrected chi connectivity index (χ4v) is 3.02. The molecule has 1 N–H and O–H groups in total. The van der Waals surface area contributed by atoms with E-state index in [4.69, 9.17) is 0 Å². The van der Waals surface area contributed by atoms with Gasteiger partial charge in [0.1, 0.15) is 4.60 Å². The van der Waals surface area contributed by atoms with Crippen molar-refractivity contribution < 1.29 is 0 Å². The molecule has 1 aliphatic rings. The molecule has 1 fully saturated rings. The lowest BCUT2D eigenvalue weighted by Gasteiger charge is -2.41. The van der Waals surface area contributed by atoms with Crippen molar-refractivity contribution in [1.29, 1.82) is 0 Å². The zero-order valence-electron chi connectivity index (χ0n) is 10.5. The largest absolute Gasteiger partial charge is 0.366 e. The van der Waals surface area contributed by atoms with E-state index in [2.05, 4.69) is 38.1 Å². The molecular weight excluding hydrogens is 292 g/mol. The summed E-state index contributed by atoms with van der Waals surface area (Å²) in [5.74, 6) is 0.870. The first-order valence-electron chi connectivity index (χ1n) is 6.45. The van der Waals surface area contributed by atoms with Gasteiger partial charge >= 0.3 is 0 Å². The highest BCUT2D eigenvalue weighted by Gasteiger charge is 2.34. The predicted octanol–water partition coefficient (Wildman–Crippen LogP) is 3.48. The van der Waals surface area contributed by atoms with Gasteiger partial charge in [0.05, 0.1) is 0 Å². The quantitative estimate of drug-likeness (QED) is 0.940. The van der Waals surface area contributed by atoms with Crippen LogP contribution in [0.3, 0.4) is 0 Å². The highest BCUT2D eigenvalue weighted by molar-refractivity contribution is 9.10. The van der Waals surface area contributed by atoms with Gasteiger partial charge in [-0.2, -0.15) is 0 Å². The minimum atomic E-state index is 0.480. The van der Waals surface area contributed by atoms with Crippen LogP contribution in [0.1, 0.15) is 32.6 Å². The van der Waals surface area contributed by atoms with Crippen LogP contribution in [0, 0.1) is 5.41 Å². The number of fused-ring (bicyclic) bond motifs is 1. The van der Waals surface area contributed by atoms with Gasteiger partial charge in [-0.25, -0.2) is 9.97 Å². The van der Waals surface area contributed by atoms with Gasteiger partial charge in [-0.1, -0.05) is 13.3 Å². The lowest BCUT2D eigenvalue weighted by molar-refractivity contribution is 0.145. The average Bonchev–Trinajstić information content (AvgIpc) is 2.75. The molecule has 3 rings (SSSR count). The van der Waals surface area contributed by atoms with Crippen molar-refractivity contribution in [2.24, 2.45) is 5.41 Å². The normalized spacial score (nSPS) is 17.7. The van der Waals surface area contributed by atoms with Crippen molar-refractivity contribution in [3.05, 3.63) is 23.2 Å². The van der Waals surface area contributed by atoms with Crippen molar-refractivity contribution in [2.45, 2.75) is 32.6 Å². The summed E-state index contributed by atoms with van der Waals surface area (Å²) in [4.78, 5) is 8.84. The number of imidazole rings is 1. The lowest BCUT2D eigenvalue weighted by Crippen LogP contribution is -2.36. The molecule has 0 aromatic carbocycles. The Kier molecular flexibility index (Phi) is 3.01. The Morgan fingerprint density at radius 2 is 2.33 bits per heavy atom. The van der Waals surface area contributed by atoms with E-state index in [0.29, 0.717) is 5.41 Å². The summed E-state index contributed by atoms with van der Waals surface area (Å²) >= 11 is 3.44. The van der Waals surface area contributed by atoms with Crippen LogP contribution in [0.15, 0.2) is 23.2 Å². The molecule has 2 aromatic rings. The summed E-state index contributed by atoms with van der Waals surface area (Å²) in [6.45, 7) is 3.27. The second-order valence-electron chi connectivity index (χ2n) is 5.13. The van der Waals surface area contributed by atoms with E-state index in [0.717, 1.165) is 22.6 Å². The molecule has 0 unspecified atom stereocenters. The molecular formula is C13H17BrN4. The van der Waals surface area contributed by atoms with E-state index in [9.17, 15) is 0 Å². The van der Waals surface area contributed by atoms with Crippen molar-refractivity contribution in [3.8, 4) is 0 Å². The van der Waals surface area contributed by atoms with Crippen molar-refractivity contribution in [3.63, 3.8) is 0 Å². The van der Waals surface area contributed by atoms with Crippen LogP contribution >= 0.6 is 15.9 Å². The summed E-state index contributed by atoms with van der Waals surface area (Å²) in [5, 5.41) is 3.48. The third-order valence-electron chi connectivity index (χ3n) is 4.14. The maximum Gasteiger partial charge on any atom is 0.180 e. The minimum Gasteiger partial charge on any atom is -0.366 e. The van der Waals surface area contributed by atoms with Gasteiger partial charge < -0.3 is 9.72 Å². The average molecular weight is 309 g/mol. The summed E-state index contributed by atoms with van der Waals surface area (Å²) < 4.78 is 2.81. The molecule has 18 heavy (non-hydrogen) atoms. The van der Waals surface area contributed by atoms with Crippen LogP contribution < -0.4 is 5.32 Å². The third-order valence-corrected chi connectivity index (χ3v) is 4.52. The molecule has 0 aliphatic heterocycles. The van der Waals surface area contributed by atoms with E-state index < -0.39 is 0 Å². The van der Waals surface area contributed by atoms with Crippen molar-refractivity contribution in [1.82, 2.24) is 14.4 Å². The van der Waals surface area contributed by atoms with E-state index in [1.807, 2.05) is 16.8 Å². The first kappa shape index (κ1) is 12.0. The number of halogens is 1. The number of rotatable bonds is 4. The number of hydrogen-bond donors (Lipinski definition) is 1. The van der Waals surface area contributed by atoms with E-state index in [1.54, 1.807) is 6.20 Å². The van der Waals surface area contributed by atoms with Gasteiger partial charge in [-0.15, -0.1) is 0 Å². The van der Waals surface area contributed by atoms with Crippen LogP contribution in [0.25, 0.3) is 5.65 Å². The van der Waals surface area contributed by atoms with Crippen LogP contribution in [0.2, 0.25) is 0 Å². The molecule has 96 valence electrons. The SMILES string of the molecule is CCC1(CNc2nc(Br)cn3ccnc23)CCC1. The smallest absolute Gasteiger partial charge is 0.180 e. The Labute approximate surface area is 115 Å². The van der Waals surface area contributed by atoms with Gasteiger partial charge in [0, 0.05) is 25.1 Å². The molecule has 0 bridgehead atoms. The number of anilines is 1. The Morgan fingerprint density at radius 3 is 3.00 bits per heavy atom. The fraction of sp³-hybridized carbons (Fsp3) is 0.538. The Balaban J connectivity index is 1.83. The number of aromatic nitrogens is 3. The third kappa shape index (κ3) is 2.00. The van der Waals surface area contributed by atoms with Gasteiger partial charge in [-0.3, -0.25) is 0 Å². The van der Waals surface area contributed by atoms with E-state index >= 15 is 0 Å². The van der Waals surface area contributed by atoms with Gasteiger partial charge in [0.15, 0.2) is 11.5 Å². The Hall–Kier alpha value is -1.10. The molecule has 0 saturated heterocycles. The zero-order valence-corrected chi connectivity index (χ0v) is 12.1. The predicted molar refractivity (Wildman–Crippen MR) is 75.8 cm³/mol. The number of nitrogens with zero attached hydrogens (tertiary/aromatic N) is 3. The molecule has 1 saturated carbocycles. The minimum absolute atomic E-state index is 0.480. The molecule has 2 aromatic heterocycles. The molecule has 0 amide bonds. The molecule has 0 atom stereocenters. The highest BCUT2D eigenvalue weighted by Crippen LogP contribution is 2.43. The van der Waals surface area contributed by atoms with Crippen LogP contribution in [0.5, 0.6) is 0 Å². The molecule has 0 spiro atoms. The molecule has 2 heterocycles. The number of nitrogens with one attached hydrogen (secondary N) is 1. The second-order valence-corrected chi connectivity index (χ2v) is 5.94. The second kappa shape index (κ2) is 4.53. The Bertz CT molecular complexity index is 554. The fourth-order valence-electron chi connectivity index (χ4n) is 2.62. The Morgan fingerprint density at radius 1 is 1.50 bits per heavy atom. The summed E-state index contributed by atoms with van der Waals surface area (Å²) in [6, 6.07) is 0. The molecule has 1 aliphatic carbocycles. The summed E-state index contributed by atoms with van der Waals surface area (Å²) in [7, 11) is 0. The first-order valence-corrected chi connectivity index (χ1v) is 7.25. The monoisotopic (exact) mass is 308 g/mol. The topological polar surface area (TPSA) is 42.2 Å². The lowest BCUT2D eigenvalue weighted by atomic mass is 9.67. The van der Waals surface area contributed by atoms with Crippen molar-refractivity contribution in [2.75, 3.05) is 11.9 Å². The van der Waals surface area contributed by atoms with Crippen LogP contribution in [-0.2, 0) is 0 Å². The molecule has 4 nitrogen and oxygen atoms in total. The molecule has 5 heteroatoms. The zero-order chi connectivity index (χ0) is 12.6. The van der Waals surface area contributed by atoms with Gasteiger partial charge in [0.2, 0.25) is 0 Å². The summed E-state index contributed by atoms with van der Waals surface area (Å²) in [5.41, 5.74) is 1.37. The van der Waals surface area contributed by atoms with E-state index in [1.165, 1.54) is 25.7 Å². The highest BCUT2D eigenvalue weighted by atomic mass is 79.9. The summed E-state index contributed by atoms with van der Waals surface area (Å²) in [6.07, 6.45) is 10.9. The van der Waals surface area contributed by atoms with E-state index in [-0.39, 0.29) is 0 Å². The maximum atomic E-state index is 4.49. The van der Waals surface area contributed by atoms with Crippen molar-refractivity contribution >= 4 is 27.4 Å².